The molecule has 0 atom stereocenters. The van der Waals surface area contributed by atoms with Crippen molar-refractivity contribution in [1.29, 1.82) is 0 Å². The Balaban J connectivity index is 1.29. The molecule has 31 heavy (non-hydrogen) atoms. The number of ether oxygens (including phenoxy) is 1. The minimum atomic E-state index is -0.199. The molecule has 0 radical (unpaired) electrons. The van der Waals surface area contributed by atoms with Crippen molar-refractivity contribution in [2.45, 2.75) is 13.5 Å². The summed E-state index contributed by atoms with van der Waals surface area (Å²) in [6.07, 6.45) is 6.61. The third-order valence-electron chi connectivity index (χ3n) is 5.07. The molecule has 0 saturated heterocycles. The van der Waals surface area contributed by atoms with Crippen LogP contribution in [0.5, 0.6) is 5.75 Å². The number of hydrogen-bond donors (Lipinski definition) is 1. The lowest BCUT2D eigenvalue weighted by Crippen LogP contribution is -2.23. The van der Waals surface area contributed by atoms with Crippen molar-refractivity contribution in [3.05, 3.63) is 77.9 Å². The fourth-order valence-corrected chi connectivity index (χ4v) is 3.38. The van der Waals surface area contributed by atoms with Crippen molar-refractivity contribution in [3.63, 3.8) is 0 Å². The zero-order valence-corrected chi connectivity index (χ0v) is 17.0. The van der Waals surface area contributed by atoms with Crippen LogP contribution in [0.3, 0.4) is 0 Å². The van der Waals surface area contributed by atoms with Gasteiger partial charge in [0.05, 0.1) is 12.7 Å². The van der Waals surface area contributed by atoms with Gasteiger partial charge < -0.3 is 14.5 Å². The number of carbonyl (C=O) groups is 1. The Morgan fingerprint density at radius 2 is 2.03 bits per heavy atom. The summed E-state index contributed by atoms with van der Waals surface area (Å²) in [6.45, 7) is 2.36. The molecule has 3 aromatic heterocycles. The van der Waals surface area contributed by atoms with Crippen molar-refractivity contribution >= 4 is 22.8 Å². The molecule has 0 saturated carbocycles. The molecule has 5 rings (SSSR count). The first kappa shape index (κ1) is 18.8. The molecule has 1 amide bonds. The number of benzene rings is 2. The van der Waals surface area contributed by atoms with Crippen LogP contribution in [-0.4, -0.2) is 32.4 Å². The molecule has 0 aliphatic carbocycles. The topological polar surface area (TPSA) is 94.5 Å². The van der Waals surface area contributed by atoms with Gasteiger partial charge in [-0.3, -0.25) is 9.20 Å². The number of nitrogens with one attached hydrogen (secondary N) is 1. The van der Waals surface area contributed by atoms with Gasteiger partial charge in [0.2, 0.25) is 11.7 Å². The molecule has 0 fully saturated rings. The van der Waals surface area contributed by atoms with E-state index in [1.54, 1.807) is 30.1 Å². The summed E-state index contributed by atoms with van der Waals surface area (Å²) in [5.74, 6) is 1.68. The van der Waals surface area contributed by atoms with Crippen LogP contribution in [0.2, 0.25) is 0 Å². The average molecular weight is 413 g/mol. The summed E-state index contributed by atoms with van der Waals surface area (Å²) in [5.41, 5.74) is 4.75. The maximum atomic E-state index is 12.4. The molecule has 0 unspecified atom stereocenters. The van der Waals surface area contributed by atoms with Crippen LogP contribution in [0.4, 0.5) is 0 Å². The van der Waals surface area contributed by atoms with Crippen molar-refractivity contribution < 1.29 is 13.9 Å². The third-order valence-corrected chi connectivity index (χ3v) is 5.07. The molecule has 8 nitrogen and oxygen atoms in total. The SMILES string of the molecule is COc1cc2nc(-c3ccc(CNC(=O)c4cnc5nccn5c4)cc3)oc2cc1C. The van der Waals surface area contributed by atoms with Crippen LogP contribution in [0.25, 0.3) is 28.3 Å². The largest absolute Gasteiger partial charge is 0.496 e. The van der Waals surface area contributed by atoms with Crippen molar-refractivity contribution in [3.8, 4) is 17.2 Å². The lowest BCUT2D eigenvalue weighted by atomic mass is 10.1. The van der Waals surface area contributed by atoms with E-state index in [9.17, 15) is 4.79 Å². The van der Waals surface area contributed by atoms with Gasteiger partial charge in [0.1, 0.15) is 11.3 Å². The van der Waals surface area contributed by atoms with Crippen LogP contribution < -0.4 is 10.1 Å². The number of nitrogens with zero attached hydrogens (tertiary/aromatic N) is 4. The van der Waals surface area contributed by atoms with Gasteiger partial charge >= 0.3 is 0 Å². The van der Waals surface area contributed by atoms with Crippen LogP contribution in [-0.2, 0) is 6.54 Å². The van der Waals surface area contributed by atoms with Crippen molar-refractivity contribution in [2.75, 3.05) is 7.11 Å². The first-order chi connectivity index (χ1) is 15.1. The maximum absolute atomic E-state index is 12.4. The summed E-state index contributed by atoms with van der Waals surface area (Å²) in [7, 11) is 1.64. The lowest BCUT2D eigenvalue weighted by Gasteiger charge is -2.06. The van der Waals surface area contributed by atoms with E-state index in [1.165, 1.54) is 6.20 Å². The molecular weight excluding hydrogens is 394 g/mol. The first-order valence-electron chi connectivity index (χ1n) is 9.72. The second-order valence-corrected chi connectivity index (χ2v) is 7.17. The molecule has 0 bridgehead atoms. The summed E-state index contributed by atoms with van der Waals surface area (Å²) in [4.78, 5) is 25.2. The summed E-state index contributed by atoms with van der Waals surface area (Å²) < 4.78 is 13.0. The van der Waals surface area contributed by atoms with Crippen LogP contribution in [0, 0.1) is 6.92 Å². The molecule has 5 aromatic rings. The third kappa shape index (κ3) is 3.59. The van der Waals surface area contributed by atoms with Gasteiger partial charge in [-0.1, -0.05) is 12.1 Å². The maximum Gasteiger partial charge on any atom is 0.254 e. The van der Waals surface area contributed by atoms with Crippen LogP contribution in [0.15, 0.2) is 65.6 Å². The zero-order chi connectivity index (χ0) is 21.4. The fourth-order valence-electron chi connectivity index (χ4n) is 3.38. The van der Waals surface area contributed by atoms with Gasteiger partial charge in [-0.05, 0) is 36.2 Å². The van der Waals surface area contributed by atoms with Gasteiger partial charge in [-0.2, -0.15) is 0 Å². The molecule has 1 N–H and O–H groups in total. The normalized spacial score (nSPS) is 11.2. The lowest BCUT2D eigenvalue weighted by molar-refractivity contribution is 0.0950. The average Bonchev–Trinajstić information content (AvgIpc) is 3.43. The minimum absolute atomic E-state index is 0.199. The molecule has 8 heteroatoms. The molecule has 0 aliphatic heterocycles. The Labute approximate surface area is 177 Å². The predicted octanol–water partition coefficient (Wildman–Crippen LogP) is 3.78. The first-order valence-corrected chi connectivity index (χ1v) is 9.72. The zero-order valence-electron chi connectivity index (χ0n) is 17.0. The Morgan fingerprint density at radius 1 is 1.19 bits per heavy atom. The van der Waals surface area contributed by atoms with E-state index in [2.05, 4.69) is 20.3 Å². The van der Waals surface area contributed by atoms with E-state index in [0.29, 0.717) is 29.4 Å². The number of hydrogen-bond acceptors (Lipinski definition) is 6. The van der Waals surface area contributed by atoms with Gasteiger partial charge in [0, 0.05) is 43.0 Å². The molecule has 3 heterocycles. The van der Waals surface area contributed by atoms with Crippen LogP contribution in [0.1, 0.15) is 21.5 Å². The van der Waals surface area contributed by atoms with Gasteiger partial charge in [-0.15, -0.1) is 0 Å². The Kier molecular flexibility index (Phi) is 4.59. The van der Waals surface area contributed by atoms with Crippen molar-refractivity contribution in [1.82, 2.24) is 24.7 Å². The van der Waals surface area contributed by atoms with Gasteiger partial charge in [-0.25, -0.2) is 15.0 Å². The fraction of sp³-hybridized carbons (Fsp3) is 0.130. The number of rotatable bonds is 5. The Morgan fingerprint density at radius 3 is 2.84 bits per heavy atom. The summed E-state index contributed by atoms with van der Waals surface area (Å²) >= 11 is 0. The number of oxazole rings is 1. The summed E-state index contributed by atoms with van der Waals surface area (Å²) in [6, 6.07) is 11.5. The highest BCUT2D eigenvalue weighted by molar-refractivity contribution is 5.93. The molecule has 0 spiro atoms. The number of fused-ring (bicyclic) bond motifs is 2. The number of carbonyl (C=O) groups excluding carboxylic acids is 1. The number of amides is 1. The quantitative estimate of drug-likeness (QED) is 0.471. The highest BCUT2D eigenvalue weighted by Crippen LogP contribution is 2.29. The monoisotopic (exact) mass is 413 g/mol. The number of aromatic nitrogens is 4. The van der Waals surface area contributed by atoms with E-state index in [0.717, 1.165) is 28.0 Å². The second kappa shape index (κ2) is 7.56. The highest BCUT2D eigenvalue weighted by Gasteiger charge is 2.12. The molecular formula is C23H19N5O3. The van der Waals surface area contributed by atoms with Gasteiger partial charge in [0.25, 0.3) is 5.91 Å². The highest BCUT2D eigenvalue weighted by atomic mass is 16.5. The number of imidazole rings is 1. The van der Waals surface area contributed by atoms with Crippen LogP contribution >= 0.6 is 0 Å². The van der Waals surface area contributed by atoms with Gasteiger partial charge in [0.15, 0.2) is 5.58 Å². The van der Waals surface area contributed by atoms with Crippen molar-refractivity contribution in [2.24, 2.45) is 0 Å². The Bertz CT molecular complexity index is 1400. The molecule has 154 valence electrons. The van der Waals surface area contributed by atoms with E-state index in [4.69, 9.17) is 9.15 Å². The van der Waals surface area contributed by atoms with E-state index in [-0.39, 0.29) is 5.91 Å². The smallest absolute Gasteiger partial charge is 0.254 e. The minimum Gasteiger partial charge on any atom is -0.496 e. The molecule has 0 aliphatic rings. The summed E-state index contributed by atoms with van der Waals surface area (Å²) in [5, 5.41) is 2.91. The number of methoxy groups -OCH3 is 1. The molecule has 2 aromatic carbocycles. The predicted molar refractivity (Wildman–Crippen MR) is 115 cm³/mol. The Hall–Kier alpha value is -4.20. The van der Waals surface area contributed by atoms with E-state index < -0.39 is 0 Å². The second-order valence-electron chi connectivity index (χ2n) is 7.17. The standard InChI is InChI=1S/C23H19N5O3/c1-14-9-20-18(10-19(14)30-2)27-22(31-20)16-5-3-15(4-6-16)11-25-21(29)17-12-26-23-24-7-8-28(23)13-17/h3-10,12-13H,11H2,1-2H3,(H,25,29). The number of aryl methyl sites for hydroxylation is 1. The van der Waals surface area contributed by atoms with E-state index in [1.807, 2.05) is 43.3 Å². The van der Waals surface area contributed by atoms with E-state index >= 15 is 0 Å².